The summed E-state index contributed by atoms with van der Waals surface area (Å²) in [5, 5.41) is 9.26. The molecule has 1 fully saturated rings. The first kappa shape index (κ1) is 15.9. The molecule has 0 bridgehead atoms. The van der Waals surface area contributed by atoms with E-state index in [4.69, 9.17) is 4.74 Å². The van der Waals surface area contributed by atoms with Crippen LogP contribution in [0.5, 0.6) is 5.75 Å². The van der Waals surface area contributed by atoms with Gasteiger partial charge in [0.1, 0.15) is 11.6 Å². The summed E-state index contributed by atoms with van der Waals surface area (Å²) in [7, 11) is 3.37. The molecule has 0 saturated heterocycles. The zero-order valence-corrected chi connectivity index (χ0v) is 12.5. The third-order valence-corrected chi connectivity index (χ3v) is 3.98. The number of methoxy groups -OCH3 is 1. The summed E-state index contributed by atoms with van der Waals surface area (Å²) in [6, 6.07) is 4.39. The van der Waals surface area contributed by atoms with Crippen molar-refractivity contribution in [3.63, 3.8) is 0 Å². The number of aliphatic hydroxyl groups is 1. The van der Waals surface area contributed by atoms with Gasteiger partial charge in [-0.3, -0.25) is 4.79 Å². The first-order valence-electron chi connectivity index (χ1n) is 7.23. The highest BCUT2D eigenvalue weighted by atomic mass is 19.1. The normalized spacial score (nSPS) is 21.2. The van der Waals surface area contributed by atoms with Gasteiger partial charge in [-0.25, -0.2) is 4.39 Å². The first-order valence-corrected chi connectivity index (χ1v) is 7.23. The quantitative estimate of drug-likeness (QED) is 0.783. The third-order valence-electron chi connectivity index (χ3n) is 3.98. The number of hydrogen-bond donors (Lipinski definition) is 1. The van der Waals surface area contributed by atoms with Crippen molar-refractivity contribution in [3.8, 4) is 5.75 Å². The number of aliphatic hydroxyl groups excluding tert-OH is 1. The fourth-order valence-electron chi connectivity index (χ4n) is 2.74. The highest BCUT2D eigenvalue weighted by Gasteiger charge is 2.28. The molecule has 0 amide bonds. The molecule has 21 heavy (non-hydrogen) atoms. The van der Waals surface area contributed by atoms with Gasteiger partial charge in [-0.1, -0.05) is 6.07 Å². The van der Waals surface area contributed by atoms with Crippen molar-refractivity contribution in [1.82, 2.24) is 4.90 Å². The lowest BCUT2D eigenvalue weighted by atomic mass is 9.82. The van der Waals surface area contributed by atoms with E-state index in [2.05, 4.69) is 4.90 Å². The van der Waals surface area contributed by atoms with Gasteiger partial charge in [0, 0.05) is 19.5 Å². The van der Waals surface area contributed by atoms with Gasteiger partial charge in [-0.2, -0.15) is 0 Å². The molecular formula is C16H22FNO3. The van der Waals surface area contributed by atoms with E-state index in [9.17, 15) is 14.3 Å². The Bertz CT molecular complexity index is 500. The topological polar surface area (TPSA) is 49.8 Å². The Balaban J connectivity index is 1.87. The number of hydrogen-bond acceptors (Lipinski definition) is 4. The minimum atomic E-state index is -0.538. The van der Waals surface area contributed by atoms with Gasteiger partial charge in [0.05, 0.1) is 18.8 Å². The van der Waals surface area contributed by atoms with Gasteiger partial charge in [-0.05, 0) is 37.9 Å². The second kappa shape index (κ2) is 7.00. The summed E-state index contributed by atoms with van der Waals surface area (Å²) in [6.07, 6.45) is 1.76. The van der Waals surface area contributed by atoms with E-state index in [0.717, 1.165) is 19.4 Å². The number of ether oxygens (including phenoxy) is 1. The smallest absolute Gasteiger partial charge is 0.170 e. The lowest BCUT2D eigenvalue weighted by molar-refractivity contribution is 0.0281. The van der Waals surface area contributed by atoms with E-state index in [0.29, 0.717) is 12.5 Å². The molecule has 5 heteroatoms. The largest absolute Gasteiger partial charge is 0.496 e. The number of halogens is 1. The maximum absolute atomic E-state index is 13.8. The molecule has 116 valence electrons. The number of nitrogens with zero attached hydrogens (tertiary/aromatic N) is 1. The van der Waals surface area contributed by atoms with E-state index in [1.807, 2.05) is 7.05 Å². The molecular weight excluding hydrogens is 273 g/mol. The molecule has 0 atom stereocenters. The van der Waals surface area contributed by atoms with E-state index in [1.165, 1.54) is 19.2 Å². The highest BCUT2D eigenvalue weighted by Crippen LogP contribution is 2.28. The van der Waals surface area contributed by atoms with Crippen molar-refractivity contribution in [2.45, 2.75) is 25.4 Å². The van der Waals surface area contributed by atoms with E-state index in [1.54, 1.807) is 6.07 Å². The van der Waals surface area contributed by atoms with Crippen LogP contribution in [0, 0.1) is 11.7 Å². The van der Waals surface area contributed by atoms with Gasteiger partial charge < -0.3 is 14.7 Å². The summed E-state index contributed by atoms with van der Waals surface area (Å²) < 4.78 is 18.8. The molecule has 0 heterocycles. The lowest BCUT2D eigenvalue weighted by Crippen LogP contribution is -2.37. The molecule has 1 N–H and O–H groups in total. The SMILES string of the molecule is COc1cccc(F)c1C(=O)CCN(C)CC1CC(O)C1. The molecule has 1 aromatic carbocycles. The van der Waals surface area contributed by atoms with Crippen LogP contribution in [0.1, 0.15) is 29.6 Å². The fraction of sp³-hybridized carbons (Fsp3) is 0.562. The molecule has 1 aromatic rings. The van der Waals surface area contributed by atoms with E-state index >= 15 is 0 Å². The summed E-state index contributed by atoms with van der Waals surface area (Å²) in [5.41, 5.74) is 0.0347. The average Bonchev–Trinajstić information content (AvgIpc) is 2.42. The zero-order chi connectivity index (χ0) is 15.4. The first-order chi connectivity index (χ1) is 10.0. The Morgan fingerprint density at radius 3 is 2.81 bits per heavy atom. The van der Waals surface area contributed by atoms with Crippen molar-refractivity contribution in [2.24, 2.45) is 5.92 Å². The molecule has 2 rings (SSSR count). The van der Waals surface area contributed by atoms with Crippen LogP contribution in [0.25, 0.3) is 0 Å². The molecule has 1 aliphatic rings. The summed E-state index contributed by atoms with van der Waals surface area (Å²) in [4.78, 5) is 14.2. The minimum absolute atomic E-state index is 0.0347. The molecule has 0 unspecified atom stereocenters. The highest BCUT2D eigenvalue weighted by molar-refractivity contribution is 5.99. The maximum atomic E-state index is 13.8. The van der Waals surface area contributed by atoms with E-state index < -0.39 is 5.82 Å². The van der Waals surface area contributed by atoms with Crippen molar-refractivity contribution >= 4 is 5.78 Å². The van der Waals surface area contributed by atoms with Crippen LogP contribution in [0.15, 0.2) is 18.2 Å². The van der Waals surface area contributed by atoms with Crippen molar-refractivity contribution in [3.05, 3.63) is 29.6 Å². The lowest BCUT2D eigenvalue weighted by Gasteiger charge is -2.34. The molecule has 1 saturated carbocycles. The van der Waals surface area contributed by atoms with Crippen LogP contribution in [0.4, 0.5) is 4.39 Å². The Hall–Kier alpha value is -1.46. The summed E-state index contributed by atoms with van der Waals surface area (Å²) >= 11 is 0. The van der Waals surface area contributed by atoms with Crippen LogP contribution in [0.3, 0.4) is 0 Å². The van der Waals surface area contributed by atoms with Crippen LogP contribution < -0.4 is 4.74 Å². The molecule has 0 aromatic heterocycles. The van der Waals surface area contributed by atoms with Gasteiger partial charge in [0.25, 0.3) is 0 Å². The van der Waals surface area contributed by atoms with Crippen LogP contribution in [-0.4, -0.2) is 49.1 Å². The molecule has 0 radical (unpaired) electrons. The average molecular weight is 295 g/mol. The number of ketones is 1. The number of carbonyl (C=O) groups is 1. The van der Waals surface area contributed by atoms with Crippen LogP contribution >= 0.6 is 0 Å². The second-order valence-electron chi connectivity index (χ2n) is 5.74. The third kappa shape index (κ3) is 4.02. The van der Waals surface area contributed by atoms with Gasteiger partial charge >= 0.3 is 0 Å². The molecule has 0 aliphatic heterocycles. The number of Topliss-reactive ketones (excluding diaryl/α,β-unsaturated/α-hetero) is 1. The number of rotatable bonds is 7. The maximum Gasteiger partial charge on any atom is 0.170 e. The van der Waals surface area contributed by atoms with Gasteiger partial charge in [0.15, 0.2) is 5.78 Å². The Labute approximate surface area is 124 Å². The monoisotopic (exact) mass is 295 g/mol. The molecule has 1 aliphatic carbocycles. The van der Waals surface area contributed by atoms with Gasteiger partial charge in [0.2, 0.25) is 0 Å². The number of benzene rings is 1. The zero-order valence-electron chi connectivity index (χ0n) is 12.5. The fourth-order valence-corrected chi connectivity index (χ4v) is 2.74. The Morgan fingerprint density at radius 2 is 2.19 bits per heavy atom. The summed E-state index contributed by atoms with van der Waals surface area (Å²) in [6.45, 7) is 1.43. The van der Waals surface area contributed by atoms with Crippen molar-refractivity contribution in [1.29, 1.82) is 0 Å². The van der Waals surface area contributed by atoms with Gasteiger partial charge in [-0.15, -0.1) is 0 Å². The van der Waals surface area contributed by atoms with Crippen molar-refractivity contribution in [2.75, 3.05) is 27.2 Å². The Morgan fingerprint density at radius 1 is 1.48 bits per heavy atom. The van der Waals surface area contributed by atoms with E-state index in [-0.39, 0.29) is 29.6 Å². The van der Waals surface area contributed by atoms with Crippen LogP contribution in [-0.2, 0) is 0 Å². The number of carbonyl (C=O) groups excluding carboxylic acids is 1. The minimum Gasteiger partial charge on any atom is -0.496 e. The predicted molar refractivity (Wildman–Crippen MR) is 78.1 cm³/mol. The van der Waals surface area contributed by atoms with Crippen LogP contribution in [0.2, 0.25) is 0 Å². The Kier molecular flexibility index (Phi) is 5.31. The predicted octanol–water partition coefficient (Wildman–Crippen LogP) is 2.11. The molecule has 0 spiro atoms. The standard InChI is InChI=1S/C16H22FNO3/c1-18(10-11-8-12(19)9-11)7-6-14(20)16-13(17)4-3-5-15(16)21-2/h3-5,11-12,19H,6-10H2,1-2H3. The van der Waals surface area contributed by atoms with Crippen molar-refractivity contribution < 1.29 is 19.0 Å². The summed E-state index contributed by atoms with van der Waals surface area (Å²) in [5.74, 6) is 0.00225. The second-order valence-corrected chi connectivity index (χ2v) is 5.74. The molecule has 4 nitrogen and oxygen atoms in total.